The average molecular weight is 672 g/mol. The van der Waals surface area contributed by atoms with E-state index in [0.717, 1.165) is 0 Å². The van der Waals surface area contributed by atoms with Crippen molar-refractivity contribution >= 4 is 88.4 Å². The van der Waals surface area contributed by atoms with Crippen molar-refractivity contribution in [1.82, 2.24) is 0 Å². The Hall–Kier alpha value is -3.95. The first-order valence-corrected chi connectivity index (χ1v) is 9.89. The molecular formula is C18H18Al2O24. The summed E-state index contributed by atoms with van der Waals surface area (Å²) in [5.74, 6) is -16.7. The van der Waals surface area contributed by atoms with Gasteiger partial charge in [-0.15, -0.1) is 0 Å². The molecule has 0 bridgehead atoms. The molecule has 6 N–H and O–H groups in total. The minimum absolute atomic E-state index is 0. The van der Waals surface area contributed by atoms with E-state index >= 15 is 0 Å². The largest absolute Gasteiger partial charge is 3.00 e. The maximum atomic E-state index is 10.4. The monoisotopic (exact) mass is 672 g/mol. The third-order valence-electron chi connectivity index (χ3n) is 4.07. The third-order valence-corrected chi connectivity index (χ3v) is 4.07. The molecule has 0 radical (unpaired) electrons. The van der Waals surface area contributed by atoms with Crippen LogP contribution in [0.3, 0.4) is 0 Å². The zero-order valence-electron chi connectivity index (χ0n) is 21.4. The number of aliphatic carboxylic acids is 6. The number of rotatable bonds is 15. The fourth-order valence-corrected chi connectivity index (χ4v) is 2.15. The molecule has 0 aromatic rings. The first-order chi connectivity index (χ1) is 18.9. The average Bonchev–Trinajstić information content (AvgIpc) is 2.82. The number of hydrogen-bond acceptors (Lipinski definition) is 24. The van der Waals surface area contributed by atoms with E-state index in [4.69, 9.17) is 31.1 Å². The Morgan fingerprint density at radius 3 is 0.659 bits per heavy atom. The van der Waals surface area contributed by atoms with Crippen molar-refractivity contribution in [3.05, 3.63) is 0 Å². The topological polar surface area (TPSA) is 441 Å². The van der Waals surface area contributed by atoms with Crippen LogP contribution in [0.1, 0.15) is 38.5 Å². The van der Waals surface area contributed by atoms with Crippen LogP contribution in [0.4, 0.5) is 0 Å². The Balaban J connectivity index is -0.000000169. The smallest absolute Gasteiger partial charge is 0.550 e. The van der Waals surface area contributed by atoms with Crippen LogP contribution in [-0.4, -0.2) is 136 Å². The maximum Gasteiger partial charge on any atom is 3.00 e. The molecule has 3 unspecified atom stereocenters. The fourth-order valence-electron chi connectivity index (χ4n) is 2.15. The van der Waals surface area contributed by atoms with Crippen molar-refractivity contribution in [3.63, 3.8) is 0 Å². The minimum Gasteiger partial charge on any atom is -0.550 e. The molecule has 0 fully saturated rings. The number of aliphatic hydroxyl groups is 3. The zero-order valence-corrected chi connectivity index (χ0v) is 23.7. The quantitative estimate of drug-likeness (QED) is 0.0407. The van der Waals surface area contributed by atoms with E-state index in [2.05, 4.69) is 14.7 Å². The fraction of sp³-hybridized carbons (Fsp3) is 0.500. The van der Waals surface area contributed by atoms with Gasteiger partial charge in [-0.25, -0.2) is 14.4 Å². The van der Waals surface area contributed by atoms with Crippen molar-refractivity contribution in [3.8, 4) is 0 Å². The summed E-state index contributed by atoms with van der Waals surface area (Å²) in [4.78, 5) is 101. The second-order valence-corrected chi connectivity index (χ2v) is 7.52. The summed E-state index contributed by atoms with van der Waals surface area (Å²) in [6, 6.07) is 0. The molecule has 0 aliphatic rings. The van der Waals surface area contributed by atoms with Gasteiger partial charge < -0.3 is 89.4 Å². The van der Waals surface area contributed by atoms with Crippen molar-refractivity contribution in [2.75, 3.05) is 0 Å². The van der Waals surface area contributed by atoms with E-state index in [-0.39, 0.29) is 34.7 Å². The molecule has 0 amide bonds. The third kappa shape index (κ3) is 20.9. The summed E-state index contributed by atoms with van der Waals surface area (Å²) in [5, 5.41) is 111. The minimum atomic E-state index is -2.95. The number of carboxylic acid groups (broad SMARTS) is 6. The van der Waals surface area contributed by atoms with E-state index in [1.54, 1.807) is 0 Å². The summed E-state index contributed by atoms with van der Waals surface area (Å²) in [7, 11) is 0. The van der Waals surface area contributed by atoms with Gasteiger partial charge in [0.1, 0.15) is 16.8 Å². The molecular weight excluding hydrogens is 654 g/mol. The molecule has 0 spiro atoms. The van der Waals surface area contributed by atoms with Crippen LogP contribution >= 0.6 is 0 Å². The Bertz CT molecular complexity index is 916. The van der Waals surface area contributed by atoms with Gasteiger partial charge in [0.05, 0.1) is 37.2 Å². The zero-order chi connectivity index (χ0) is 34.1. The van der Waals surface area contributed by atoms with Crippen LogP contribution in [0.2, 0.25) is 0 Å². The van der Waals surface area contributed by atoms with Gasteiger partial charge >= 0.3 is 52.6 Å². The van der Waals surface area contributed by atoms with Crippen molar-refractivity contribution < 1.29 is 120 Å². The van der Waals surface area contributed by atoms with Gasteiger partial charge in [0.25, 0.3) is 0 Å². The maximum absolute atomic E-state index is 10.4. The van der Waals surface area contributed by atoms with Crippen LogP contribution in [0, 0.1) is 0 Å². The van der Waals surface area contributed by atoms with E-state index in [1.165, 1.54) is 0 Å². The van der Waals surface area contributed by atoms with Crippen LogP contribution in [0.25, 0.3) is 0 Å². The molecule has 0 aliphatic carbocycles. The normalized spacial score (nSPS) is 13.5. The van der Waals surface area contributed by atoms with E-state index in [9.17, 15) is 73.8 Å². The first-order valence-electron chi connectivity index (χ1n) is 9.89. The van der Waals surface area contributed by atoms with Gasteiger partial charge in [0.15, 0.2) is 0 Å². The summed E-state index contributed by atoms with van der Waals surface area (Å²) in [6.07, 6.45) is -7.78. The SMILES string of the molecule is O=C([O-])CC(O)(CC(=O)OO)C(=O)[O-].O=C([O-])CC(O)(CC(=O)OO)C(=O)[O-].O=C([O-])CC(O)(CC(=O)OO)C(=O)[O-].[Al+3].[Al+3]. The number of carbonyl (C=O) groups is 9. The molecule has 0 heterocycles. The van der Waals surface area contributed by atoms with Crippen LogP contribution in [0.15, 0.2) is 0 Å². The standard InChI is InChI=1S/3C6H8O8.2Al/c3*7-3(8)1-6(12,5(10)11)2-4(9)14-13;;/h3*12-13H,1-2H2,(H,7,8)(H,10,11);;/q;;;2*+3/p-6. The Labute approximate surface area is 263 Å². The summed E-state index contributed by atoms with van der Waals surface area (Å²) < 4.78 is 0. The van der Waals surface area contributed by atoms with Crippen LogP contribution in [-0.2, 0) is 57.8 Å². The molecule has 0 aromatic carbocycles. The molecule has 0 rings (SSSR count). The van der Waals surface area contributed by atoms with Gasteiger partial charge in [0.2, 0.25) is 0 Å². The molecule has 3 atom stereocenters. The molecule has 0 aliphatic heterocycles. The Morgan fingerprint density at radius 2 is 0.568 bits per heavy atom. The molecule has 0 saturated heterocycles. The molecule has 0 aromatic heterocycles. The van der Waals surface area contributed by atoms with E-state index in [1.807, 2.05) is 0 Å². The van der Waals surface area contributed by atoms with E-state index in [0.29, 0.717) is 0 Å². The number of hydrogen-bond donors (Lipinski definition) is 6. The Morgan fingerprint density at radius 1 is 0.409 bits per heavy atom. The van der Waals surface area contributed by atoms with Gasteiger partial charge in [-0.1, -0.05) is 0 Å². The first kappa shape index (κ1) is 49.7. The van der Waals surface area contributed by atoms with Gasteiger partial charge in [0, 0.05) is 37.2 Å². The predicted molar refractivity (Wildman–Crippen MR) is 110 cm³/mol. The molecule has 24 nitrogen and oxygen atoms in total. The van der Waals surface area contributed by atoms with Crippen LogP contribution < -0.4 is 30.6 Å². The van der Waals surface area contributed by atoms with Crippen molar-refractivity contribution in [1.29, 1.82) is 0 Å². The molecule has 240 valence electrons. The van der Waals surface area contributed by atoms with Gasteiger partial charge in [-0.3, -0.25) is 0 Å². The van der Waals surface area contributed by atoms with Crippen molar-refractivity contribution in [2.45, 2.75) is 55.3 Å². The second-order valence-electron chi connectivity index (χ2n) is 7.52. The summed E-state index contributed by atoms with van der Waals surface area (Å²) in [6.45, 7) is 0. The second kappa shape index (κ2) is 22.6. The molecule has 0 saturated carbocycles. The van der Waals surface area contributed by atoms with E-state index < -0.39 is 109 Å². The molecule has 26 heteroatoms. The van der Waals surface area contributed by atoms with Crippen LogP contribution in [0.5, 0.6) is 0 Å². The molecule has 44 heavy (non-hydrogen) atoms. The number of carbonyl (C=O) groups excluding carboxylic acids is 9. The summed E-state index contributed by atoms with van der Waals surface area (Å²) in [5.41, 5.74) is -8.84. The predicted octanol–water partition coefficient (Wildman–Crippen LogP) is -12.7. The van der Waals surface area contributed by atoms with Crippen molar-refractivity contribution in [2.24, 2.45) is 0 Å². The number of carboxylic acids is 6. The summed E-state index contributed by atoms with van der Waals surface area (Å²) >= 11 is 0. The van der Waals surface area contributed by atoms with Gasteiger partial charge in [-0.05, 0) is 0 Å². The Kier molecular flexibility index (Phi) is 25.5. The van der Waals surface area contributed by atoms with Gasteiger partial charge in [-0.2, -0.15) is 15.8 Å².